The highest BCUT2D eigenvalue weighted by atomic mass is 16.4. The van der Waals surface area contributed by atoms with Crippen molar-refractivity contribution in [2.45, 2.75) is 6.54 Å². The molecular formula is C14H9N4O+. The predicted molar refractivity (Wildman–Crippen MR) is 67.5 cm³/mol. The van der Waals surface area contributed by atoms with E-state index in [1.165, 1.54) is 5.56 Å². The normalized spacial score (nSPS) is 13.1. The molecular weight excluding hydrogens is 240 g/mol. The molecule has 19 heavy (non-hydrogen) atoms. The Balaban J connectivity index is 1.93. The third-order valence-electron chi connectivity index (χ3n) is 3.68. The number of fused-ring (bicyclic) bond motifs is 7. The molecule has 0 spiro atoms. The van der Waals surface area contributed by atoms with Crippen molar-refractivity contribution in [3.8, 4) is 11.5 Å². The van der Waals surface area contributed by atoms with Crippen LogP contribution in [0.1, 0.15) is 5.56 Å². The van der Waals surface area contributed by atoms with Gasteiger partial charge in [0.1, 0.15) is 5.56 Å². The number of hydrogen-bond acceptors (Lipinski definition) is 3. The molecule has 0 radical (unpaired) electrons. The van der Waals surface area contributed by atoms with Crippen LogP contribution in [0.3, 0.4) is 0 Å². The summed E-state index contributed by atoms with van der Waals surface area (Å²) < 4.78 is 10.2. The van der Waals surface area contributed by atoms with Crippen molar-refractivity contribution in [3.63, 3.8) is 0 Å². The number of oxazole rings is 1. The molecule has 5 nitrogen and oxygen atoms in total. The quantitative estimate of drug-likeness (QED) is 0.393. The van der Waals surface area contributed by atoms with Gasteiger partial charge in [-0.1, -0.05) is 0 Å². The maximum absolute atomic E-state index is 6.03. The van der Waals surface area contributed by atoms with E-state index < -0.39 is 0 Å². The third-order valence-corrected chi connectivity index (χ3v) is 3.68. The molecule has 5 heterocycles. The molecule has 4 aromatic rings. The molecule has 0 aromatic carbocycles. The second-order valence-corrected chi connectivity index (χ2v) is 4.72. The SMILES string of the molecule is c1cnc2c3oc4[n+](c3cn2c1)Cc1ccncc1-4. The molecule has 1 aliphatic rings. The van der Waals surface area contributed by atoms with Crippen LogP contribution in [0, 0.1) is 0 Å². The third kappa shape index (κ3) is 1.03. The van der Waals surface area contributed by atoms with E-state index in [0.29, 0.717) is 0 Å². The summed E-state index contributed by atoms with van der Waals surface area (Å²) in [7, 11) is 0. The zero-order chi connectivity index (χ0) is 12.4. The van der Waals surface area contributed by atoms with Gasteiger partial charge in [0, 0.05) is 30.4 Å². The van der Waals surface area contributed by atoms with Crippen LogP contribution in [0.5, 0.6) is 0 Å². The van der Waals surface area contributed by atoms with Crippen molar-refractivity contribution >= 4 is 16.7 Å². The number of aromatic nitrogens is 4. The minimum atomic E-state index is 0.830. The molecule has 5 heteroatoms. The zero-order valence-electron chi connectivity index (χ0n) is 9.95. The lowest BCUT2D eigenvalue weighted by Crippen LogP contribution is -2.30. The molecule has 0 amide bonds. The van der Waals surface area contributed by atoms with Crippen LogP contribution in [0.15, 0.2) is 47.5 Å². The number of nitrogens with zero attached hydrogens (tertiary/aromatic N) is 4. The molecule has 0 aliphatic carbocycles. The van der Waals surface area contributed by atoms with Gasteiger partial charge >= 0.3 is 5.89 Å². The maximum Gasteiger partial charge on any atom is 0.384 e. The molecule has 4 aromatic heterocycles. The Morgan fingerprint density at radius 1 is 1.32 bits per heavy atom. The first kappa shape index (κ1) is 9.27. The Morgan fingerprint density at radius 3 is 3.32 bits per heavy atom. The molecule has 0 unspecified atom stereocenters. The molecule has 0 atom stereocenters. The average molecular weight is 249 g/mol. The van der Waals surface area contributed by atoms with Crippen LogP contribution in [-0.2, 0) is 6.54 Å². The molecule has 0 N–H and O–H groups in total. The van der Waals surface area contributed by atoms with Gasteiger partial charge in [-0.25, -0.2) is 4.98 Å². The molecule has 0 fully saturated rings. The van der Waals surface area contributed by atoms with Crippen molar-refractivity contribution < 1.29 is 8.98 Å². The fourth-order valence-corrected chi connectivity index (χ4v) is 2.80. The van der Waals surface area contributed by atoms with Crippen molar-refractivity contribution in [2.24, 2.45) is 0 Å². The van der Waals surface area contributed by atoms with E-state index >= 15 is 0 Å². The van der Waals surface area contributed by atoms with E-state index in [0.717, 1.165) is 34.7 Å². The summed E-state index contributed by atoms with van der Waals surface area (Å²) >= 11 is 0. The second kappa shape index (κ2) is 3.00. The minimum absolute atomic E-state index is 0.830. The summed E-state index contributed by atoms with van der Waals surface area (Å²) in [5, 5.41) is 0. The molecule has 1 aliphatic heterocycles. The van der Waals surface area contributed by atoms with Gasteiger partial charge in [-0.3, -0.25) is 9.38 Å². The smallest absolute Gasteiger partial charge is 0.384 e. The molecule has 90 valence electrons. The zero-order valence-corrected chi connectivity index (χ0v) is 9.95. The van der Waals surface area contributed by atoms with Gasteiger partial charge in [0.2, 0.25) is 5.58 Å². The maximum atomic E-state index is 6.03. The van der Waals surface area contributed by atoms with Gasteiger partial charge in [0.15, 0.2) is 12.2 Å². The van der Waals surface area contributed by atoms with Gasteiger partial charge in [-0.2, -0.15) is 4.57 Å². The Morgan fingerprint density at radius 2 is 2.32 bits per heavy atom. The summed E-state index contributed by atoms with van der Waals surface area (Å²) in [5.41, 5.74) is 5.09. The Hall–Kier alpha value is -2.69. The molecule has 0 saturated carbocycles. The molecule has 0 bridgehead atoms. The Labute approximate surface area is 107 Å². The summed E-state index contributed by atoms with van der Waals surface area (Å²) in [6.07, 6.45) is 9.50. The lowest BCUT2D eigenvalue weighted by atomic mass is 10.2. The number of rotatable bonds is 0. The van der Waals surface area contributed by atoms with Crippen LogP contribution in [0.2, 0.25) is 0 Å². The van der Waals surface area contributed by atoms with Gasteiger partial charge in [0.05, 0.1) is 6.20 Å². The summed E-state index contributed by atoms with van der Waals surface area (Å²) in [6.45, 7) is 0.830. The van der Waals surface area contributed by atoms with Gasteiger partial charge in [-0.15, -0.1) is 0 Å². The highest BCUT2D eigenvalue weighted by Gasteiger charge is 2.35. The highest BCUT2D eigenvalue weighted by molar-refractivity contribution is 5.86. The summed E-state index contributed by atoms with van der Waals surface area (Å²) in [4.78, 5) is 8.56. The van der Waals surface area contributed by atoms with E-state index in [4.69, 9.17) is 4.42 Å². The highest BCUT2D eigenvalue weighted by Crippen LogP contribution is 2.31. The monoisotopic (exact) mass is 249 g/mol. The van der Waals surface area contributed by atoms with Crippen molar-refractivity contribution in [1.29, 1.82) is 0 Å². The van der Waals surface area contributed by atoms with Crippen molar-refractivity contribution in [2.75, 3.05) is 0 Å². The van der Waals surface area contributed by atoms with E-state index in [1.807, 2.05) is 35.1 Å². The van der Waals surface area contributed by atoms with E-state index in [-0.39, 0.29) is 0 Å². The summed E-state index contributed by atoms with van der Waals surface area (Å²) in [6, 6.07) is 3.95. The van der Waals surface area contributed by atoms with E-state index in [1.54, 1.807) is 6.20 Å². The van der Waals surface area contributed by atoms with Gasteiger partial charge in [0.25, 0.3) is 5.52 Å². The fourth-order valence-electron chi connectivity index (χ4n) is 2.80. The molecule has 5 rings (SSSR count). The van der Waals surface area contributed by atoms with Crippen LogP contribution >= 0.6 is 0 Å². The predicted octanol–water partition coefficient (Wildman–Crippen LogP) is 1.79. The Bertz CT molecular complexity index is 951. The van der Waals surface area contributed by atoms with Crippen LogP contribution in [-0.4, -0.2) is 14.4 Å². The molecule has 0 saturated heterocycles. The second-order valence-electron chi connectivity index (χ2n) is 4.72. The standard InChI is InChI=1S/C14H9N4O/c1-3-16-13-12-11(8-17(13)5-1)18-7-9-2-4-15-6-10(9)14(18)19-12/h1-6,8H,7H2/q+1. The lowest BCUT2D eigenvalue weighted by molar-refractivity contribution is -0.649. The average Bonchev–Trinajstić information content (AvgIpc) is 3.07. The first-order valence-corrected chi connectivity index (χ1v) is 6.13. The number of hydrogen-bond donors (Lipinski definition) is 0. The first-order valence-electron chi connectivity index (χ1n) is 6.13. The van der Waals surface area contributed by atoms with Crippen molar-refractivity contribution in [3.05, 3.63) is 48.7 Å². The fraction of sp³-hybridized carbons (Fsp3) is 0.0714. The largest absolute Gasteiger partial charge is 0.393 e. The van der Waals surface area contributed by atoms with Gasteiger partial charge < -0.3 is 4.42 Å². The van der Waals surface area contributed by atoms with Crippen LogP contribution < -0.4 is 4.57 Å². The van der Waals surface area contributed by atoms with Crippen LogP contribution in [0.25, 0.3) is 28.2 Å². The lowest BCUT2D eigenvalue weighted by Gasteiger charge is -1.90. The van der Waals surface area contributed by atoms with E-state index in [2.05, 4.69) is 20.7 Å². The number of pyridine rings is 1. The topological polar surface area (TPSA) is 47.2 Å². The van der Waals surface area contributed by atoms with Gasteiger partial charge in [-0.05, 0) is 12.1 Å². The first-order chi connectivity index (χ1) is 9.42. The Kier molecular flexibility index (Phi) is 1.46. The van der Waals surface area contributed by atoms with Crippen molar-refractivity contribution in [1.82, 2.24) is 14.4 Å². The summed E-state index contributed by atoms with van der Waals surface area (Å²) in [5.74, 6) is 0.876. The van der Waals surface area contributed by atoms with Crippen LogP contribution in [0.4, 0.5) is 0 Å². The minimum Gasteiger partial charge on any atom is -0.393 e. The van der Waals surface area contributed by atoms with E-state index in [9.17, 15) is 0 Å².